The van der Waals surface area contributed by atoms with Crippen molar-refractivity contribution in [2.45, 2.75) is 19.7 Å². The van der Waals surface area contributed by atoms with Crippen LogP contribution in [0, 0.1) is 0 Å². The van der Waals surface area contributed by atoms with Gasteiger partial charge in [-0.25, -0.2) is 9.59 Å². The Kier molecular flexibility index (Phi) is 5.40. The third-order valence-corrected chi connectivity index (χ3v) is 3.96. The van der Waals surface area contributed by atoms with Crippen LogP contribution in [-0.4, -0.2) is 11.9 Å². The van der Waals surface area contributed by atoms with Gasteiger partial charge in [-0.2, -0.15) is 13.2 Å². The number of carbonyl (C=O) groups is 2. The lowest BCUT2D eigenvalue weighted by Gasteiger charge is -2.10. The lowest BCUT2D eigenvalue weighted by atomic mass is 10.1. The molecule has 3 rings (SSSR count). The van der Waals surface area contributed by atoms with Crippen LogP contribution in [0.1, 0.15) is 28.4 Å². The van der Waals surface area contributed by atoms with E-state index in [1.54, 1.807) is 12.1 Å². The van der Waals surface area contributed by atoms with Gasteiger partial charge in [0.25, 0.3) is 0 Å². The summed E-state index contributed by atoms with van der Waals surface area (Å²) >= 11 is 0. The predicted octanol–water partition coefficient (Wildman–Crippen LogP) is 4.13. The van der Waals surface area contributed by atoms with Gasteiger partial charge in [-0.05, 0) is 36.4 Å². The minimum Gasteiger partial charge on any atom is -0.457 e. The van der Waals surface area contributed by atoms with E-state index < -0.39 is 23.3 Å². The topological polar surface area (TPSA) is 85.6 Å². The molecule has 0 unspecified atom stereocenters. The summed E-state index contributed by atoms with van der Waals surface area (Å²) in [5.74, 6) is -1.14. The number of esters is 1. The van der Waals surface area contributed by atoms with Crippen LogP contribution < -0.4 is 10.9 Å². The van der Waals surface area contributed by atoms with Crippen molar-refractivity contribution in [3.05, 3.63) is 75.6 Å². The van der Waals surface area contributed by atoms with Gasteiger partial charge in [-0.1, -0.05) is 0 Å². The number of anilines is 1. The molecule has 2 aromatic carbocycles. The Labute approximate surface area is 161 Å². The smallest absolute Gasteiger partial charge is 0.416 e. The van der Waals surface area contributed by atoms with Gasteiger partial charge >= 0.3 is 17.8 Å². The number of carbonyl (C=O) groups excluding carboxylic acids is 2. The van der Waals surface area contributed by atoms with E-state index in [2.05, 4.69) is 5.32 Å². The average molecular weight is 405 g/mol. The molecule has 0 aliphatic heterocycles. The molecule has 6 nitrogen and oxygen atoms in total. The zero-order valence-corrected chi connectivity index (χ0v) is 15.0. The van der Waals surface area contributed by atoms with Crippen molar-refractivity contribution in [2.24, 2.45) is 0 Å². The third kappa shape index (κ3) is 4.81. The first-order valence-electron chi connectivity index (χ1n) is 8.32. The molecule has 1 aromatic heterocycles. The number of fused-ring (bicyclic) bond motifs is 1. The highest BCUT2D eigenvalue weighted by Crippen LogP contribution is 2.29. The van der Waals surface area contributed by atoms with Crippen LogP contribution in [0.25, 0.3) is 11.0 Å². The maximum atomic E-state index is 12.6. The molecule has 0 radical (unpaired) electrons. The van der Waals surface area contributed by atoms with Gasteiger partial charge in [0.15, 0.2) is 0 Å². The van der Waals surface area contributed by atoms with E-state index >= 15 is 0 Å². The Morgan fingerprint density at radius 1 is 1.07 bits per heavy atom. The summed E-state index contributed by atoms with van der Waals surface area (Å²) in [7, 11) is 0. The number of benzene rings is 2. The summed E-state index contributed by atoms with van der Waals surface area (Å²) in [6.07, 6.45) is -4.50. The van der Waals surface area contributed by atoms with Gasteiger partial charge in [0.1, 0.15) is 12.2 Å². The van der Waals surface area contributed by atoms with Gasteiger partial charge < -0.3 is 14.5 Å². The Hall–Kier alpha value is -3.62. The number of halogens is 3. The van der Waals surface area contributed by atoms with Crippen molar-refractivity contribution < 1.29 is 31.9 Å². The highest BCUT2D eigenvalue weighted by Gasteiger charge is 2.30. The first-order chi connectivity index (χ1) is 13.6. The molecule has 9 heteroatoms. The quantitative estimate of drug-likeness (QED) is 0.521. The molecule has 1 amide bonds. The van der Waals surface area contributed by atoms with Crippen molar-refractivity contribution >= 4 is 28.5 Å². The zero-order valence-electron chi connectivity index (χ0n) is 15.0. The molecule has 0 aliphatic rings. The fourth-order valence-corrected chi connectivity index (χ4v) is 2.65. The van der Waals surface area contributed by atoms with E-state index in [1.165, 1.54) is 13.0 Å². The number of rotatable bonds is 4. The van der Waals surface area contributed by atoms with Crippen LogP contribution in [-0.2, 0) is 22.3 Å². The SMILES string of the molecule is CC(=O)Nc1ccc2c(COC(=O)c3ccc(C(F)(F)F)cc3)cc(=O)oc2c1. The van der Waals surface area contributed by atoms with E-state index in [-0.39, 0.29) is 23.7 Å². The van der Waals surface area contributed by atoms with E-state index in [0.717, 1.165) is 30.3 Å². The van der Waals surface area contributed by atoms with Crippen LogP contribution in [0.4, 0.5) is 18.9 Å². The van der Waals surface area contributed by atoms with Crippen LogP contribution in [0.15, 0.2) is 57.7 Å². The van der Waals surface area contributed by atoms with E-state index in [0.29, 0.717) is 16.6 Å². The molecular formula is C20H14F3NO5. The number of hydrogen-bond acceptors (Lipinski definition) is 5. The summed E-state index contributed by atoms with van der Waals surface area (Å²) < 4.78 is 48.0. The average Bonchev–Trinajstić information content (AvgIpc) is 2.64. The molecular weight excluding hydrogens is 391 g/mol. The molecule has 0 atom stereocenters. The minimum absolute atomic E-state index is 0.0572. The largest absolute Gasteiger partial charge is 0.457 e. The summed E-state index contributed by atoms with van der Waals surface area (Å²) in [6, 6.07) is 9.39. The van der Waals surface area contributed by atoms with Crippen LogP contribution >= 0.6 is 0 Å². The second kappa shape index (κ2) is 7.78. The van der Waals surface area contributed by atoms with Gasteiger partial charge in [0, 0.05) is 35.7 Å². The Morgan fingerprint density at radius 3 is 2.38 bits per heavy atom. The summed E-state index contributed by atoms with van der Waals surface area (Å²) in [6.45, 7) is 1.04. The molecule has 0 spiro atoms. The molecule has 3 aromatic rings. The molecule has 0 fully saturated rings. The molecule has 0 bridgehead atoms. The highest BCUT2D eigenvalue weighted by atomic mass is 19.4. The van der Waals surface area contributed by atoms with Crippen LogP contribution in [0.3, 0.4) is 0 Å². The molecule has 29 heavy (non-hydrogen) atoms. The van der Waals surface area contributed by atoms with Crippen LogP contribution in [0.5, 0.6) is 0 Å². The van der Waals surface area contributed by atoms with E-state index in [9.17, 15) is 27.6 Å². The third-order valence-electron chi connectivity index (χ3n) is 3.96. The number of nitrogens with one attached hydrogen (secondary N) is 1. The van der Waals surface area contributed by atoms with Crippen molar-refractivity contribution in [3.8, 4) is 0 Å². The van der Waals surface area contributed by atoms with Crippen molar-refractivity contribution in [1.82, 2.24) is 0 Å². The second-order valence-electron chi connectivity index (χ2n) is 6.13. The number of alkyl halides is 3. The Morgan fingerprint density at radius 2 is 1.76 bits per heavy atom. The molecule has 0 aliphatic carbocycles. The summed E-state index contributed by atoms with van der Waals surface area (Å²) in [4.78, 5) is 35.1. The predicted molar refractivity (Wildman–Crippen MR) is 97.4 cm³/mol. The Balaban J connectivity index is 1.80. The van der Waals surface area contributed by atoms with Crippen LogP contribution in [0.2, 0.25) is 0 Å². The standard InChI is InChI=1S/C20H14F3NO5/c1-11(25)24-15-6-7-16-13(8-18(26)29-17(16)9-15)10-28-19(27)12-2-4-14(5-3-12)20(21,22)23/h2-9H,10H2,1H3,(H,24,25). The first-order valence-corrected chi connectivity index (χ1v) is 8.32. The molecule has 150 valence electrons. The second-order valence-corrected chi connectivity index (χ2v) is 6.13. The lowest BCUT2D eigenvalue weighted by Crippen LogP contribution is -2.10. The molecule has 0 saturated carbocycles. The van der Waals surface area contributed by atoms with Gasteiger partial charge in [0.2, 0.25) is 5.91 Å². The van der Waals surface area contributed by atoms with Gasteiger partial charge in [-0.15, -0.1) is 0 Å². The van der Waals surface area contributed by atoms with E-state index in [1.807, 2.05) is 0 Å². The fraction of sp³-hybridized carbons (Fsp3) is 0.150. The van der Waals surface area contributed by atoms with Gasteiger partial charge in [-0.3, -0.25) is 4.79 Å². The maximum absolute atomic E-state index is 12.6. The monoisotopic (exact) mass is 405 g/mol. The highest BCUT2D eigenvalue weighted by molar-refractivity contribution is 5.92. The molecule has 1 heterocycles. The van der Waals surface area contributed by atoms with E-state index in [4.69, 9.17) is 9.15 Å². The maximum Gasteiger partial charge on any atom is 0.416 e. The summed E-state index contributed by atoms with van der Waals surface area (Å²) in [5.41, 5.74) is -0.658. The molecule has 1 N–H and O–H groups in total. The number of amides is 1. The molecule has 0 saturated heterocycles. The lowest BCUT2D eigenvalue weighted by molar-refractivity contribution is -0.137. The minimum atomic E-state index is -4.50. The van der Waals surface area contributed by atoms with Crippen molar-refractivity contribution in [3.63, 3.8) is 0 Å². The van der Waals surface area contributed by atoms with Gasteiger partial charge in [0.05, 0.1) is 11.1 Å². The normalized spacial score (nSPS) is 11.3. The first kappa shape index (κ1) is 20.1. The van der Waals surface area contributed by atoms with Crippen molar-refractivity contribution in [2.75, 3.05) is 5.32 Å². The number of ether oxygens (including phenoxy) is 1. The Bertz CT molecular complexity index is 1130. The van der Waals surface area contributed by atoms with Crippen molar-refractivity contribution in [1.29, 1.82) is 0 Å². The zero-order chi connectivity index (χ0) is 21.2. The fourth-order valence-electron chi connectivity index (χ4n) is 2.65. The number of hydrogen-bond donors (Lipinski definition) is 1. The summed E-state index contributed by atoms with van der Waals surface area (Å²) in [5, 5.41) is 3.04.